The molecule has 46 heavy (non-hydrogen) atoms. The summed E-state index contributed by atoms with van der Waals surface area (Å²) in [6.07, 6.45) is 3.07. The number of nitrogens with one attached hydrogen (secondary N) is 2. The van der Waals surface area contributed by atoms with E-state index < -0.39 is 5.97 Å². The van der Waals surface area contributed by atoms with Crippen LogP contribution < -0.4 is 20.1 Å². The van der Waals surface area contributed by atoms with Crippen LogP contribution >= 0.6 is 23.2 Å². The fraction of sp³-hybridized carbons (Fsp3) is 0.342. The van der Waals surface area contributed by atoms with E-state index in [0.29, 0.717) is 54.3 Å². The third kappa shape index (κ3) is 10.2. The molecule has 244 valence electrons. The van der Waals surface area contributed by atoms with Crippen molar-refractivity contribution in [3.05, 3.63) is 116 Å². The van der Waals surface area contributed by atoms with E-state index in [9.17, 15) is 4.79 Å². The first-order chi connectivity index (χ1) is 22.3. The molecule has 4 aromatic rings. The molecule has 0 aliphatic heterocycles. The summed E-state index contributed by atoms with van der Waals surface area (Å²) < 4.78 is 12.3. The van der Waals surface area contributed by atoms with Crippen molar-refractivity contribution >= 4 is 29.2 Å². The molecule has 0 amide bonds. The van der Waals surface area contributed by atoms with Gasteiger partial charge in [0.25, 0.3) is 0 Å². The molecule has 0 saturated carbocycles. The second-order valence-electron chi connectivity index (χ2n) is 11.5. The van der Waals surface area contributed by atoms with Crippen LogP contribution in [0.3, 0.4) is 0 Å². The van der Waals surface area contributed by atoms with Gasteiger partial charge in [0, 0.05) is 19.5 Å². The average Bonchev–Trinajstić information content (AvgIpc) is 3.03. The molecule has 0 spiro atoms. The predicted molar refractivity (Wildman–Crippen MR) is 188 cm³/mol. The minimum atomic E-state index is -0.783. The molecule has 0 radical (unpaired) electrons. The molecular formula is C38H44Cl2N2O4. The van der Waals surface area contributed by atoms with Crippen LogP contribution in [0.2, 0.25) is 10.0 Å². The highest BCUT2D eigenvalue weighted by Gasteiger charge is 2.13. The highest BCUT2D eigenvalue weighted by Crippen LogP contribution is 2.33. The van der Waals surface area contributed by atoms with E-state index in [2.05, 4.69) is 73.9 Å². The lowest BCUT2D eigenvalue weighted by Gasteiger charge is -2.17. The molecule has 0 saturated heterocycles. The van der Waals surface area contributed by atoms with Gasteiger partial charge in [-0.25, -0.2) is 0 Å². The Morgan fingerprint density at radius 1 is 0.717 bits per heavy atom. The van der Waals surface area contributed by atoms with Crippen LogP contribution in [0.25, 0.3) is 11.1 Å². The van der Waals surface area contributed by atoms with Crippen molar-refractivity contribution < 1.29 is 19.4 Å². The highest BCUT2D eigenvalue weighted by molar-refractivity contribution is 6.32. The average molecular weight is 664 g/mol. The van der Waals surface area contributed by atoms with Gasteiger partial charge in [-0.3, -0.25) is 4.79 Å². The van der Waals surface area contributed by atoms with Crippen LogP contribution in [0.15, 0.2) is 72.8 Å². The van der Waals surface area contributed by atoms with Crippen molar-refractivity contribution in [2.45, 2.75) is 72.8 Å². The molecule has 0 fully saturated rings. The molecule has 8 heteroatoms. The van der Waals surface area contributed by atoms with Crippen molar-refractivity contribution in [3.8, 4) is 22.6 Å². The van der Waals surface area contributed by atoms with Gasteiger partial charge in [0.2, 0.25) is 0 Å². The number of hydrogen-bond acceptors (Lipinski definition) is 5. The van der Waals surface area contributed by atoms with Crippen molar-refractivity contribution in [2.75, 3.05) is 13.1 Å². The molecule has 3 N–H and O–H groups in total. The van der Waals surface area contributed by atoms with E-state index in [0.717, 1.165) is 64.0 Å². The maximum Gasteiger partial charge on any atom is 0.303 e. The Labute approximate surface area is 283 Å². The maximum absolute atomic E-state index is 10.7. The molecule has 4 rings (SSSR count). The SMILES string of the molecule is CCCCNCc1ccc(OCc2cccc(-c3cccc(COc4ccc(CNCCCC(=O)O)cc4Cl)c3C)c2C)c(Cl)c1. The number of rotatable bonds is 18. The van der Waals surface area contributed by atoms with E-state index in [1.165, 1.54) is 6.42 Å². The molecule has 4 aromatic carbocycles. The number of unbranched alkanes of at least 4 members (excludes halogenated alkanes) is 1. The number of carbonyl (C=O) groups is 1. The Hall–Kier alpha value is -3.55. The smallest absolute Gasteiger partial charge is 0.303 e. The number of hydrogen-bond donors (Lipinski definition) is 3. The fourth-order valence-electron chi connectivity index (χ4n) is 5.25. The first kappa shape index (κ1) is 35.3. The van der Waals surface area contributed by atoms with Crippen molar-refractivity contribution in [2.24, 2.45) is 0 Å². The zero-order chi connectivity index (χ0) is 32.9. The lowest BCUT2D eigenvalue weighted by molar-refractivity contribution is -0.137. The quantitative estimate of drug-likeness (QED) is 0.0922. The minimum absolute atomic E-state index is 0.155. The minimum Gasteiger partial charge on any atom is -0.487 e. The van der Waals surface area contributed by atoms with Crippen LogP contribution in [0.1, 0.15) is 66.0 Å². The van der Waals surface area contributed by atoms with Crippen LogP contribution in [0.5, 0.6) is 11.5 Å². The Morgan fingerprint density at radius 2 is 1.20 bits per heavy atom. The van der Waals surface area contributed by atoms with Gasteiger partial charge in [0.1, 0.15) is 24.7 Å². The largest absolute Gasteiger partial charge is 0.487 e. The topological polar surface area (TPSA) is 79.8 Å². The van der Waals surface area contributed by atoms with Crippen molar-refractivity contribution in [1.29, 1.82) is 0 Å². The molecule has 0 aromatic heterocycles. The highest BCUT2D eigenvalue weighted by atomic mass is 35.5. The summed E-state index contributed by atoms with van der Waals surface area (Å²) in [4.78, 5) is 10.7. The van der Waals surface area contributed by atoms with E-state index in [1.807, 2.05) is 30.3 Å². The molecule has 0 bridgehead atoms. The fourth-order valence-corrected chi connectivity index (χ4v) is 5.76. The van der Waals surface area contributed by atoms with Crippen LogP contribution in [0, 0.1) is 13.8 Å². The Bertz CT molecular complexity index is 1610. The monoisotopic (exact) mass is 662 g/mol. The maximum atomic E-state index is 10.7. The van der Waals surface area contributed by atoms with E-state index >= 15 is 0 Å². The van der Waals surface area contributed by atoms with Gasteiger partial charge in [-0.1, -0.05) is 85.1 Å². The van der Waals surface area contributed by atoms with Crippen LogP contribution in [0.4, 0.5) is 0 Å². The molecule has 0 heterocycles. The standard InChI is InChI=1S/C38H44Cl2N2O4/c1-4-5-18-41-22-28-14-16-36(34(39)20-28)45-24-30-9-6-11-32(26(30)2)33-12-7-10-31(27(33)3)25-46-37-17-15-29(21-35(37)40)23-42-19-8-13-38(43)44/h6-7,9-12,14-17,20-21,41-42H,4-5,8,13,18-19,22-25H2,1-3H3,(H,43,44). The summed E-state index contributed by atoms with van der Waals surface area (Å²) in [5.41, 5.74) is 8.94. The van der Waals surface area contributed by atoms with Gasteiger partial charge in [-0.2, -0.15) is 0 Å². The zero-order valence-electron chi connectivity index (χ0n) is 26.9. The lowest BCUT2D eigenvalue weighted by atomic mass is 9.92. The third-order valence-corrected chi connectivity index (χ3v) is 8.64. The van der Waals surface area contributed by atoms with Crippen molar-refractivity contribution in [1.82, 2.24) is 10.6 Å². The number of carboxylic acid groups (broad SMARTS) is 1. The van der Waals surface area contributed by atoms with Crippen molar-refractivity contribution in [3.63, 3.8) is 0 Å². The van der Waals surface area contributed by atoms with Crippen LogP contribution in [-0.4, -0.2) is 24.2 Å². The van der Waals surface area contributed by atoms with E-state index in [4.69, 9.17) is 37.8 Å². The molecular weight excluding hydrogens is 619 g/mol. The summed E-state index contributed by atoms with van der Waals surface area (Å²) >= 11 is 13.1. The summed E-state index contributed by atoms with van der Waals surface area (Å²) in [5, 5.41) is 16.6. The lowest BCUT2D eigenvalue weighted by Crippen LogP contribution is -2.15. The molecule has 0 aliphatic rings. The van der Waals surface area contributed by atoms with Crippen LogP contribution in [-0.2, 0) is 31.1 Å². The Morgan fingerprint density at radius 3 is 1.63 bits per heavy atom. The molecule has 0 aliphatic carbocycles. The third-order valence-electron chi connectivity index (χ3n) is 8.05. The number of carboxylic acids is 1. The molecule has 0 unspecified atom stereocenters. The second-order valence-corrected chi connectivity index (χ2v) is 12.3. The van der Waals surface area contributed by atoms with Gasteiger partial charge < -0.3 is 25.2 Å². The van der Waals surface area contributed by atoms with Gasteiger partial charge in [0.15, 0.2) is 0 Å². The normalized spacial score (nSPS) is 11.1. The van der Waals surface area contributed by atoms with Gasteiger partial charge in [-0.15, -0.1) is 0 Å². The summed E-state index contributed by atoms with van der Waals surface area (Å²) in [5.74, 6) is 0.517. The number of aliphatic carboxylic acids is 1. The number of benzene rings is 4. The van der Waals surface area contributed by atoms with Gasteiger partial charge in [-0.05, 0) is 109 Å². The van der Waals surface area contributed by atoms with Gasteiger partial charge >= 0.3 is 5.97 Å². The number of halogens is 2. The zero-order valence-corrected chi connectivity index (χ0v) is 28.4. The Balaban J connectivity index is 1.38. The summed E-state index contributed by atoms with van der Waals surface area (Å²) in [7, 11) is 0. The first-order valence-electron chi connectivity index (χ1n) is 15.9. The number of ether oxygens (including phenoxy) is 2. The molecule has 6 nitrogen and oxygen atoms in total. The predicted octanol–water partition coefficient (Wildman–Crippen LogP) is 9.28. The van der Waals surface area contributed by atoms with E-state index in [1.54, 1.807) is 0 Å². The van der Waals surface area contributed by atoms with Gasteiger partial charge in [0.05, 0.1) is 10.0 Å². The first-order valence-corrected chi connectivity index (χ1v) is 16.7. The Kier molecular flexibility index (Phi) is 13.8. The summed E-state index contributed by atoms with van der Waals surface area (Å²) in [6.45, 7) is 10.3. The van der Waals surface area contributed by atoms with E-state index in [-0.39, 0.29) is 6.42 Å². The molecule has 0 atom stereocenters. The summed E-state index contributed by atoms with van der Waals surface area (Å²) in [6, 6.07) is 24.3. The second kappa shape index (κ2) is 18.0.